The first-order valence-corrected chi connectivity index (χ1v) is 9.50. The highest BCUT2D eigenvalue weighted by Gasteiger charge is 2.14. The van der Waals surface area contributed by atoms with Gasteiger partial charge in [-0.2, -0.15) is 0 Å². The highest BCUT2D eigenvalue weighted by Crippen LogP contribution is 2.34. The van der Waals surface area contributed by atoms with Crippen LogP contribution in [0.4, 0.5) is 4.39 Å². The van der Waals surface area contributed by atoms with E-state index < -0.39 is 0 Å². The van der Waals surface area contributed by atoms with Crippen molar-refractivity contribution in [3.05, 3.63) is 64.4 Å². The van der Waals surface area contributed by atoms with E-state index >= 15 is 0 Å². The van der Waals surface area contributed by atoms with Crippen LogP contribution in [0.2, 0.25) is 5.02 Å². The first-order chi connectivity index (χ1) is 12.5. The molecule has 0 radical (unpaired) electrons. The molecule has 0 aromatic heterocycles. The molecule has 1 aliphatic rings. The van der Waals surface area contributed by atoms with Gasteiger partial charge in [-0.15, -0.1) is 0 Å². The van der Waals surface area contributed by atoms with Crippen LogP contribution in [0, 0.1) is 12.7 Å². The Morgan fingerprint density at radius 2 is 1.92 bits per heavy atom. The van der Waals surface area contributed by atoms with Crippen molar-refractivity contribution in [3.63, 3.8) is 0 Å². The number of amides is 1. The van der Waals surface area contributed by atoms with Gasteiger partial charge in [-0.25, -0.2) is 4.39 Å². The second kappa shape index (κ2) is 8.71. The lowest BCUT2D eigenvalue weighted by Crippen LogP contribution is -2.39. The number of nitrogens with zero attached hydrogens (tertiary/aromatic N) is 1. The summed E-state index contributed by atoms with van der Waals surface area (Å²) in [5.41, 5.74) is 1.84. The average molecular weight is 392 g/mol. The molecule has 0 unspecified atom stereocenters. The Kier molecular flexibility index (Phi) is 6.35. The molecule has 1 aliphatic heterocycles. The third kappa shape index (κ3) is 4.87. The summed E-state index contributed by atoms with van der Waals surface area (Å²) in [4.78, 5) is 15.9. The molecule has 0 saturated carbocycles. The van der Waals surface area contributed by atoms with Crippen LogP contribution < -0.4 is 0 Å². The van der Waals surface area contributed by atoms with Crippen LogP contribution in [0.3, 0.4) is 0 Å². The van der Waals surface area contributed by atoms with Crippen LogP contribution >= 0.6 is 23.4 Å². The minimum absolute atomic E-state index is 0.0354. The van der Waals surface area contributed by atoms with E-state index in [4.69, 9.17) is 16.3 Å². The molecular formula is C20H19ClFNO2S. The van der Waals surface area contributed by atoms with E-state index in [2.05, 4.69) is 0 Å². The van der Waals surface area contributed by atoms with Crippen LogP contribution in [-0.2, 0) is 9.53 Å². The Morgan fingerprint density at radius 3 is 2.62 bits per heavy atom. The summed E-state index contributed by atoms with van der Waals surface area (Å²) in [6, 6.07) is 10.2. The Bertz CT molecular complexity index is 817. The number of carbonyl (C=O) groups is 1. The summed E-state index contributed by atoms with van der Waals surface area (Å²) in [5, 5.41) is 0.575. The number of halogens is 2. The smallest absolute Gasteiger partial charge is 0.246 e. The van der Waals surface area contributed by atoms with Crippen LogP contribution in [0.5, 0.6) is 0 Å². The highest BCUT2D eigenvalue weighted by molar-refractivity contribution is 7.99. The molecule has 136 valence electrons. The van der Waals surface area contributed by atoms with E-state index in [0.717, 1.165) is 20.9 Å². The minimum atomic E-state index is -0.255. The minimum Gasteiger partial charge on any atom is -0.378 e. The normalized spacial score (nSPS) is 14.8. The fourth-order valence-electron chi connectivity index (χ4n) is 2.60. The maximum atomic E-state index is 13.0. The van der Waals surface area contributed by atoms with Gasteiger partial charge in [-0.3, -0.25) is 4.79 Å². The van der Waals surface area contributed by atoms with Crippen molar-refractivity contribution in [2.24, 2.45) is 0 Å². The van der Waals surface area contributed by atoms with Crippen LogP contribution in [-0.4, -0.2) is 37.1 Å². The quantitative estimate of drug-likeness (QED) is 0.700. The van der Waals surface area contributed by atoms with Crippen molar-refractivity contribution in [1.29, 1.82) is 0 Å². The Balaban J connectivity index is 1.73. The molecule has 1 heterocycles. The topological polar surface area (TPSA) is 29.5 Å². The largest absolute Gasteiger partial charge is 0.378 e. The molecule has 1 saturated heterocycles. The predicted molar refractivity (Wildman–Crippen MR) is 103 cm³/mol. The molecule has 1 fully saturated rings. The summed E-state index contributed by atoms with van der Waals surface area (Å²) in [6.45, 7) is 4.37. The monoisotopic (exact) mass is 391 g/mol. The van der Waals surface area contributed by atoms with Crippen LogP contribution in [0.1, 0.15) is 11.1 Å². The Labute approximate surface area is 161 Å². The maximum Gasteiger partial charge on any atom is 0.246 e. The molecule has 0 bridgehead atoms. The SMILES string of the molecule is Cc1cc(C=CC(=O)N2CCOCC2)c(Cl)cc1Sc1ccc(F)cc1. The zero-order valence-corrected chi connectivity index (χ0v) is 15.9. The van der Waals surface area contributed by atoms with Gasteiger partial charge in [0.2, 0.25) is 5.91 Å². The van der Waals surface area contributed by atoms with Gasteiger partial charge in [0.1, 0.15) is 5.82 Å². The Hall–Kier alpha value is -1.82. The van der Waals surface area contributed by atoms with E-state index in [1.165, 1.54) is 23.9 Å². The third-order valence-corrected chi connectivity index (χ3v) is 5.56. The second-order valence-corrected chi connectivity index (χ2v) is 7.49. The summed E-state index contributed by atoms with van der Waals surface area (Å²) >= 11 is 7.92. The molecule has 0 aliphatic carbocycles. The molecule has 1 amide bonds. The molecular weight excluding hydrogens is 373 g/mol. The van der Waals surface area contributed by atoms with E-state index in [9.17, 15) is 9.18 Å². The van der Waals surface area contributed by atoms with Gasteiger partial charge in [0.25, 0.3) is 0 Å². The third-order valence-electron chi connectivity index (χ3n) is 4.06. The molecule has 3 nitrogen and oxygen atoms in total. The van der Waals surface area contributed by atoms with Gasteiger partial charge < -0.3 is 9.64 Å². The molecule has 26 heavy (non-hydrogen) atoms. The lowest BCUT2D eigenvalue weighted by Gasteiger charge is -2.25. The van der Waals surface area contributed by atoms with Crippen molar-refractivity contribution in [3.8, 4) is 0 Å². The first-order valence-electron chi connectivity index (χ1n) is 8.31. The average Bonchev–Trinajstić information content (AvgIpc) is 2.65. The lowest BCUT2D eigenvalue weighted by atomic mass is 10.1. The molecule has 0 spiro atoms. The summed E-state index contributed by atoms with van der Waals surface area (Å²) in [7, 11) is 0. The van der Waals surface area contributed by atoms with Gasteiger partial charge in [-0.05, 0) is 60.5 Å². The fraction of sp³-hybridized carbons (Fsp3) is 0.250. The highest BCUT2D eigenvalue weighted by atomic mass is 35.5. The predicted octanol–water partition coefficient (Wildman–Crippen LogP) is 4.81. The summed E-state index contributed by atoms with van der Waals surface area (Å²) in [6.07, 6.45) is 3.30. The molecule has 3 rings (SSSR count). The van der Waals surface area contributed by atoms with Crippen molar-refractivity contribution in [2.75, 3.05) is 26.3 Å². The van der Waals surface area contributed by atoms with E-state index in [1.54, 1.807) is 29.2 Å². The van der Waals surface area contributed by atoms with Crippen molar-refractivity contribution in [2.45, 2.75) is 16.7 Å². The number of benzene rings is 2. The van der Waals surface area contributed by atoms with E-state index in [0.29, 0.717) is 31.3 Å². The zero-order valence-electron chi connectivity index (χ0n) is 14.4. The zero-order chi connectivity index (χ0) is 18.5. The lowest BCUT2D eigenvalue weighted by molar-refractivity contribution is -0.129. The van der Waals surface area contributed by atoms with Gasteiger partial charge in [0.05, 0.1) is 13.2 Å². The van der Waals surface area contributed by atoms with Crippen LogP contribution in [0.15, 0.2) is 52.3 Å². The number of hydrogen-bond donors (Lipinski definition) is 0. The number of rotatable bonds is 4. The second-order valence-electron chi connectivity index (χ2n) is 5.97. The summed E-state index contributed by atoms with van der Waals surface area (Å²) < 4.78 is 18.3. The molecule has 2 aromatic rings. The molecule has 2 aromatic carbocycles. The van der Waals surface area contributed by atoms with E-state index in [1.807, 2.05) is 19.1 Å². The number of morpholine rings is 1. The van der Waals surface area contributed by atoms with Crippen molar-refractivity contribution in [1.82, 2.24) is 4.90 Å². The molecule has 0 atom stereocenters. The maximum absolute atomic E-state index is 13.0. The molecule has 6 heteroatoms. The van der Waals surface area contributed by atoms with Crippen LogP contribution in [0.25, 0.3) is 6.08 Å². The number of hydrogen-bond acceptors (Lipinski definition) is 3. The van der Waals surface area contributed by atoms with Crippen molar-refractivity contribution >= 4 is 35.3 Å². The van der Waals surface area contributed by atoms with Gasteiger partial charge >= 0.3 is 0 Å². The van der Waals surface area contributed by atoms with Gasteiger partial charge in [0.15, 0.2) is 0 Å². The fourth-order valence-corrected chi connectivity index (χ4v) is 3.82. The Morgan fingerprint density at radius 1 is 1.23 bits per heavy atom. The van der Waals surface area contributed by atoms with Gasteiger partial charge in [-0.1, -0.05) is 23.4 Å². The van der Waals surface area contributed by atoms with Gasteiger partial charge in [0, 0.05) is 34.0 Å². The number of ether oxygens (including phenoxy) is 1. The van der Waals surface area contributed by atoms with E-state index in [-0.39, 0.29) is 11.7 Å². The first kappa shape index (κ1) is 19.0. The summed E-state index contributed by atoms with van der Waals surface area (Å²) in [5.74, 6) is -0.290. The van der Waals surface area contributed by atoms with Crippen molar-refractivity contribution < 1.29 is 13.9 Å². The standard InChI is InChI=1S/C20H19ClFNO2S/c1-14-12-15(2-7-20(24)23-8-10-25-11-9-23)18(21)13-19(14)26-17-5-3-16(22)4-6-17/h2-7,12-13H,8-11H2,1H3. The number of carbonyl (C=O) groups excluding carboxylic acids is 1. The molecule has 0 N–H and O–H groups in total. The number of aryl methyl sites for hydroxylation is 1.